The van der Waals surface area contributed by atoms with Crippen LogP contribution in [0.4, 0.5) is 0 Å². The molecule has 3 atom stereocenters. The standard InChI is InChI=1S/C23H31N5O5/c1-14(2)20-23(33)25-13-19(30)28-10-6-9-17(28)22(32)26-16(11-15-7-4-3-5-8-15)21(31)24-12-18(29)27-20/h3-5,7-8,14,16-17,20H,6,9-13H2,1-2H3,(H,24,31)(H,25,33)(H,26,32)(H,27,29)/t16-,17+,20+/m1/s1. The molecule has 2 saturated heterocycles. The molecular formula is C23H31N5O5. The topological polar surface area (TPSA) is 137 Å². The van der Waals surface area contributed by atoms with Gasteiger partial charge in [-0.1, -0.05) is 44.2 Å². The van der Waals surface area contributed by atoms with Crippen LogP contribution in [0.15, 0.2) is 30.3 Å². The van der Waals surface area contributed by atoms with Crippen LogP contribution in [-0.4, -0.2) is 72.2 Å². The summed E-state index contributed by atoms with van der Waals surface area (Å²) in [5.41, 5.74) is 0.842. The van der Waals surface area contributed by atoms with E-state index < -0.39 is 41.8 Å². The van der Waals surface area contributed by atoms with Crippen molar-refractivity contribution >= 4 is 29.5 Å². The molecule has 0 radical (unpaired) electrons. The third-order valence-corrected chi connectivity index (χ3v) is 5.89. The summed E-state index contributed by atoms with van der Waals surface area (Å²) in [5, 5.41) is 10.5. The molecular weight excluding hydrogens is 426 g/mol. The van der Waals surface area contributed by atoms with Crippen molar-refractivity contribution in [2.75, 3.05) is 19.6 Å². The van der Waals surface area contributed by atoms with Crippen LogP contribution in [0.1, 0.15) is 32.3 Å². The van der Waals surface area contributed by atoms with Gasteiger partial charge < -0.3 is 26.2 Å². The van der Waals surface area contributed by atoms with Crippen molar-refractivity contribution < 1.29 is 24.0 Å². The van der Waals surface area contributed by atoms with E-state index in [0.29, 0.717) is 19.4 Å². The zero-order valence-electron chi connectivity index (χ0n) is 18.9. The van der Waals surface area contributed by atoms with E-state index in [-0.39, 0.29) is 31.3 Å². The van der Waals surface area contributed by atoms with Crippen molar-refractivity contribution in [2.24, 2.45) is 5.92 Å². The van der Waals surface area contributed by atoms with Crippen LogP contribution in [0, 0.1) is 5.92 Å². The normalized spacial score (nSPS) is 25.4. The second-order valence-electron chi connectivity index (χ2n) is 8.72. The van der Waals surface area contributed by atoms with Gasteiger partial charge in [0.2, 0.25) is 29.5 Å². The Morgan fingerprint density at radius 1 is 0.909 bits per heavy atom. The summed E-state index contributed by atoms with van der Waals surface area (Å²) in [4.78, 5) is 65.2. The minimum absolute atomic E-state index is 0.232. The van der Waals surface area contributed by atoms with E-state index >= 15 is 0 Å². The van der Waals surface area contributed by atoms with Crippen molar-refractivity contribution in [3.63, 3.8) is 0 Å². The molecule has 3 rings (SSSR count). The van der Waals surface area contributed by atoms with Gasteiger partial charge >= 0.3 is 0 Å². The Bertz CT molecular complexity index is 904. The summed E-state index contributed by atoms with van der Waals surface area (Å²) in [6.45, 7) is 3.33. The number of amides is 5. The number of fused-ring (bicyclic) bond motifs is 1. The summed E-state index contributed by atoms with van der Waals surface area (Å²) >= 11 is 0. The van der Waals surface area contributed by atoms with Crippen molar-refractivity contribution in [2.45, 2.75) is 51.2 Å². The van der Waals surface area contributed by atoms with Crippen LogP contribution in [0.3, 0.4) is 0 Å². The Morgan fingerprint density at radius 3 is 2.30 bits per heavy atom. The lowest BCUT2D eigenvalue weighted by molar-refractivity contribution is -0.139. The second kappa shape index (κ2) is 10.9. The molecule has 10 nitrogen and oxygen atoms in total. The van der Waals surface area contributed by atoms with Crippen LogP contribution >= 0.6 is 0 Å². The van der Waals surface area contributed by atoms with Gasteiger partial charge in [-0.15, -0.1) is 0 Å². The molecule has 2 aliphatic rings. The van der Waals surface area contributed by atoms with Gasteiger partial charge in [0, 0.05) is 13.0 Å². The Morgan fingerprint density at radius 2 is 1.61 bits per heavy atom. The smallest absolute Gasteiger partial charge is 0.243 e. The molecule has 1 aromatic rings. The number of hydrogen-bond acceptors (Lipinski definition) is 5. The van der Waals surface area contributed by atoms with E-state index in [4.69, 9.17) is 0 Å². The molecule has 0 aromatic heterocycles. The van der Waals surface area contributed by atoms with Gasteiger partial charge in [0.05, 0.1) is 13.1 Å². The predicted octanol–water partition coefficient (Wildman–Crippen LogP) is -0.908. The Balaban J connectivity index is 1.85. The fourth-order valence-electron chi connectivity index (χ4n) is 4.09. The van der Waals surface area contributed by atoms with Crippen LogP contribution in [-0.2, 0) is 30.4 Å². The summed E-state index contributed by atoms with van der Waals surface area (Å²) in [6, 6.07) is 6.72. The van der Waals surface area contributed by atoms with E-state index in [2.05, 4.69) is 21.3 Å². The molecule has 0 bridgehead atoms. The second-order valence-corrected chi connectivity index (χ2v) is 8.72. The van der Waals surface area contributed by atoms with Gasteiger partial charge in [0.15, 0.2) is 0 Å². The molecule has 0 unspecified atom stereocenters. The Hall–Kier alpha value is -3.43. The fraction of sp³-hybridized carbons (Fsp3) is 0.522. The summed E-state index contributed by atoms with van der Waals surface area (Å²) in [7, 11) is 0. The summed E-state index contributed by atoms with van der Waals surface area (Å²) in [5.74, 6) is -2.59. The summed E-state index contributed by atoms with van der Waals surface area (Å²) in [6.07, 6.45) is 1.35. The van der Waals surface area contributed by atoms with Crippen LogP contribution in [0.5, 0.6) is 0 Å². The van der Waals surface area contributed by atoms with Crippen LogP contribution in [0.25, 0.3) is 0 Å². The molecule has 2 fully saturated rings. The third-order valence-electron chi connectivity index (χ3n) is 5.89. The zero-order chi connectivity index (χ0) is 24.0. The first-order valence-corrected chi connectivity index (χ1v) is 11.2. The lowest BCUT2D eigenvalue weighted by Gasteiger charge is -2.26. The van der Waals surface area contributed by atoms with Gasteiger partial charge in [-0.25, -0.2) is 0 Å². The average Bonchev–Trinajstić information content (AvgIpc) is 3.29. The zero-order valence-corrected chi connectivity index (χ0v) is 18.9. The minimum atomic E-state index is -0.920. The first kappa shape index (κ1) is 24.2. The number of nitrogens with one attached hydrogen (secondary N) is 4. The SMILES string of the molecule is CC(C)[C@@H]1NC(=O)CNC(=O)[C@@H](Cc2ccccc2)NC(=O)[C@@H]2CCCN2C(=O)CNC1=O. The molecule has 5 amide bonds. The number of nitrogens with zero attached hydrogens (tertiary/aromatic N) is 1. The molecule has 4 N–H and O–H groups in total. The largest absolute Gasteiger partial charge is 0.345 e. The molecule has 0 aliphatic carbocycles. The number of carbonyl (C=O) groups is 5. The highest BCUT2D eigenvalue weighted by atomic mass is 16.2. The maximum absolute atomic E-state index is 13.0. The van der Waals surface area contributed by atoms with Crippen LogP contribution < -0.4 is 21.3 Å². The molecule has 10 heteroatoms. The van der Waals surface area contributed by atoms with E-state index in [0.717, 1.165) is 5.56 Å². The lowest BCUT2D eigenvalue weighted by atomic mass is 10.0. The van der Waals surface area contributed by atoms with Crippen molar-refractivity contribution in [3.05, 3.63) is 35.9 Å². The number of benzene rings is 1. The average molecular weight is 458 g/mol. The predicted molar refractivity (Wildman–Crippen MR) is 120 cm³/mol. The maximum atomic E-state index is 13.0. The van der Waals surface area contributed by atoms with Crippen molar-refractivity contribution in [1.82, 2.24) is 26.2 Å². The minimum Gasteiger partial charge on any atom is -0.345 e. The third kappa shape index (κ3) is 6.30. The first-order chi connectivity index (χ1) is 15.8. The Labute approximate surface area is 192 Å². The summed E-state index contributed by atoms with van der Waals surface area (Å²) < 4.78 is 0. The van der Waals surface area contributed by atoms with Gasteiger partial charge in [0.25, 0.3) is 0 Å². The van der Waals surface area contributed by atoms with E-state index in [1.54, 1.807) is 13.8 Å². The molecule has 0 saturated carbocycles. The van der Waals surface area contributed by atoms with Gasteiger partial charge in [-0.3, -0.25) is 24.0 Å². The molecule has 178 valence electrons. The molecule has 33 heavy (non-hydrogen) atoms. The fourth-order valence-corrected chi connectivity index (χ4v) is 4.09. The highest BCUT2D eigenvalue weighted by molar-refractivity contribution is 5.96. The van der Waals surface area contributed by atoms with Gasteiger partial charge in [0.1, 0.15) is 18.1 Å². The van der Waals surface area contributed by atoms with E-state index in [9.17, 15) is 24.0 Å². The molecule has 0 spiro atoms. The molecule has 2 aliphatic heterocycles. The highest BCUT2D eigenvalue weighted by Crippen LogP contribution is 2.18. The highest BCUT2D eigenvalue weighted by Gasteiger charge is 2.36. The van der Waals surface area contributed by atoms with Gasteiger partial charge in [-0.2, -0.15) is 0 Å². The first-order valence-electron chi connectivity index (χ1n) is 11.2. The maximum Gasteiger partial charge on any atom is 0.243 e. The van der Waals surface area contributed by atoms with E-state index in [1.165, 1.54) is 4.90 Å². The Kier molecular flexibility index (Phi) is 8.02. The number of carbonyl (C=O) groups excluding carboxylic acids is 5. The number of rotatable bonds is 3. The monoisotopic (exact) mass is 457 g/mol. The van der Waals surface area contributed by atoms with Crippen LogP contribution in [0.2, 0.25) is 0 Å². The number of hydrogen-bond donors (Lipinski definition) is 4. The molecule has 1 aromatic carbocycles. The lowest BCUT2D eigenvalue weighted by Crippen LogP contribution is -2.55. The van der Waals surface area contributed by atoms with E-state index in [1.807, 2.05) is 30.3 Å². The molecule has 2 heterocycles. The van der Waals surface area contributed by atoms with Crippen molar-refractivity contribution in [1.29, 1.82) is 0 Å². The van der Waals surface area contributed by atoms with Crippen molar-refractivity contribution in [3.8, 4) is 0 Å². The van der Waals surface area contributed by atoms with Gasteiger partial charge in [-0.05, 0) is 24.3 Å². The quantitative estimate of drug-likeness (QED) is 0.466.